The zero-order chi connectivity index (χ0) is 28.0. The SMILES string of the molecule is Brc1c(-c2ccccc2)nn(B(n2nc(-c3ccccc3)c(Br)c2Br)n2nc(-c3ccccc3)c(Br)c2Br)c1Br. The van der Waals surface area contributed by atoms with Gasteiger partial charge in [0.25, 0.3) is 0 Å². The van der Waals surface area contributed by atoms with Gasteiger partial charge in [-0.3, -0.25) is 13.8 Å². The summed E-state index contributed by atoms with van der Waals surface area (Å²) in [5.41, 5.74) is 5.29. The lowest BCUT2D eigenvalue weighted by Crippen LogP contribution is -2.44. The Morgan fingerprint density at radius 2 is 0.650 bits per heavy atom. The van der Waals surface area contributed by atoms with E-state index in [4.69, 9.17) is 15.3 Å². The molecule has 0 atom stereocenters. The molecule has 0 unspecified atom stereocenters. The maximum atomic E-state index is 5.07. The van der Waals surface area contributed by atoms with Crippen LogP contribution in [0.15, 0.2) is 118 Å². The molecule has 3 heterocycles. The van der Waals surface area contributed by atoms with Gasteiger partial charge >= 0.3 is 7.12 Å². The van der Waals surface area contributed by atoms with Crippen LogP contribution in [0.4, 0.5) is 0 Å². The first kappa shape index (κ1) is 28.4. The van der Waals surface area contributed by atoms with Gasteiger partial charge in [-0.05, 0) is 95.6 Å². The molecule has 198 valence electrons. The first-order chi connectivity index (χ1) is 19.4. The highest BCUT2D eigenvalue weighted by Crippen LogP contribution is 2.39. The third-order valence-corrected chi connectivity index (χ3v) is 12.3. The number of benzene rings is 3. The first-order valence-corrected chi connectivity index (χ1v) is 16.6. The Kier molecular flexibility index (Phi) is 8.40. The van der Waals surface area contributed by atoms with Crippen molar-refractivity contribution >= 4 is 103 Å². The van der Waals surface area contributed by atoms with Gasteiger partial charge < -0.3 is 0 Å². The van der Waals surface area contributed by atoms with Gasteiger partial charge in [-0.15, -0.1) is 0 Å². The lowest BCUT2D eigenvalue weighted by molar-refractivity contribution is 0.753. The topological polar surface area (TPSA) is 53.5 Å². The van der Waals surface area contributed by atoms with Crippen molar-refractivity contribution in [2.24, 2.45) is 0 Å². The molecule has 13 heteroatoms. The Morgan fingerprint density at radius 3 is 0.900 bits per heavy atom. The highest BCUT2D eigenvalue weighted by atomic mass is 79.9. The van der Waals surface area contributed by atoms with E-state index in [1.807, 2.05) is 105 Å². The fourth-order valence-corrected chi connectivity index (χ4v) is 7.11. The van der Waals surface area contributed by atoms with E-state index >= 15 is 0 Å². The van der Waals surface area contributed by atoms with Crippen molar-refractivity contribution in [1.82, 2.24) is 29.1 Å². The normalized spacial score (nSPS) is 11.2. The number of aromatic nitrogens is 6. The molecule has 0 fully saturated rings. The Bertz CT molecular complexity index is 1610. The number of nitrogens with zero attached hydrogens (tertiary/aromatic N) is 6. The van der Waals surface area contributed by atoms with Crippen molar-refractivity contribution in [2.45, 2.75) is 0 Å². The third-order valence-electron chi connectivity index (χ3n) is 6.19. The molecule has 6 rings (SSSR count). The van der Waals surface area contributed by atoms with Gasteiger partial charge in [0.2, 0.25) is 0 Å². The van der Waals surface area contributed by atoms with Crippen molar-refractivity contribution in [1.29, 1.82) is 0 Å². The van der Waals surface area contributed by atoms with Crippen LogP contribution in [0.5, 0.6) is 0 Å². The van der Waals surface area contributed by atoms with Crippen molar-refractivity contribution in [2.75, 3.05) is 0 Å². The predicted octanol–water partition coefficient (Wildman–Crippen LogP) is 9.78. The van der Waals surface area contributed by atoms with Crippen LogP contribution < -0.4 is 0 Å². The average Bonchev–Trinajstić information content (AvgIpc) is 3.57. The van der Waals surface area contributed by atoms with Crippen LogP contribution in [0.1, 0.15) is 0 Å². The molecular formula is C27H15BBr6N6. The van der Waals surface area contributed by atoms with Crippen LogP contribution in [0.2, 0.25) is 0 Å². The molecule has 0 N–H and O–H groups in total. The minimum Gasteiger partial charge on any atom is -0.253 e. The van der Waals surface area contributed by atoms with Crippen LogP contribution in [0.3, 0.4) is 0 Å². The van der Waals surface area contributed by atoms with E-state index in [1.165, 1.54) is 0 Å². The molecule has 0 aliphatic heterocycles. The summed E-state index contributed by atoms with van der Waals surface area (Å²) in [7, 11) is -0.658. The summed E-state index contributed by atoms with van der Waals surface area (Å²) in [4.78, 5) is 0. The molecule has 3 aromatic carbocycles. The molecule has 6 aromatic rings. The van der Waals surface area contributed by atoms with E-state index in [9.17, 15) is 0 Å². The molecule has 0 saturated carbocycles. The molecule has 0 bridgehead atoms. The zero-order valence-corrected chi connectivity index (χ0v) is 29.7. The second kappa shape index (κ2) is 11.8. The highest BCUT2D eigenvalue weighted by molar-refractivity contribution is 9.13. The molecular weight excluding hydrogens is 899 g/mol. The van der Waals surface area contributed by atoms with Crippen LogP contribution >= 0.6 is 95.6 Å². The van der Waals surface area contributed by atoms with Crippen LogP contribution in [0.25, 0.3) is 33.8 Å². The lowest BCUT2D eigenvalue weighted by atomic mass is 9.96. The fraction of sp³-hybridized carbons (Fsp3) is 0. The molecule has 0 aliphatic rings. The number of halogens is 6. The summed E-state index contributed by atoms with van der Waals surface area (Å²) < 4.78 is 10.2. The Hall–Kier alpha value is -1.77. The van der Waals surface area contributed by atoms with Gasteiger partial charge in [0.1, 0.15) is 30.9 Å². The molecule has 0 radical (unpaired) electrons. The van der Waals surface area contributed by atoms with E-state index in [-0.39, 0.29) is 0 Å². The molecule has 40 heavy (non-hydrogen) atoms. The number of rotatable bonds is 6. The predicted molar refractivity (Wildman–Crippen MR) is 181 cm³/mol. The summed E-state index contributed by atoms with van der Waals surface area (Å²) in [5.74, 6) is 0. The summed E-state index contributed by atoms with van der Waals surface area (Å²) >= 11 is 22.7. The van der Waals surface area contributed by atoms with Crippen molar-refractivity contribution in [3.8, 4) is 33.8 Å². The second-order valence-corrected chi connectivity index (χ2v) is 13.3. The van der Waals surface area contributed by atoms with E-state index in [2.05, 4.69) is 95.6 Å². The van der Waals surface area contributed by atoms with Gasteiger partial charge in [0, 0.05) is 16.7 Å². The molecule has 0 aliphatic carbocycles. The maximum absolute atomic E-state index is 5.07. The molecule has 0 saturated heterocycles. The second-order valence-electron chi connectivity index (χ2n) is 8.64. The van der Waals surface area contributed by atoms with Crippen molar-refractivity contribution in [3.63, 3.8) is 0 Å². The van der Waals surface area contributed by atoms with Gasteiger partial charge in [-0.1, -0.05) is 91.0 Å². The quantitative estimate of drug-likeness (QED) is 0.157. The van der Waals surface area contributed by atoms with E-state index in [0.29, 0.717) is 0 Å². The molecule has 0 amide bonds. The highest BCUT2D eigenvalue weighted by Gasteiger charge is 2.38. The smallest absolute Gasteiger partial charge is 0.253 e. The molecule has 0 spiro atoms. The van der Waals surface area contributed by atoms with Crippen LogP contribution in [0, 0.1) is 0 Å². The Labute approximate surface area is 281 Å². The average molecular weight is 914 g/mol. The standard InChI is InChI=1S/C27H15BBr6N6/c29-19-22(16-10-4-1-5-11-16)35-38(25(19)32)28(39-26(33)20(30)23(36-39)17-12-6-2-7-13-17)40-27(34)21(31)24(37-40)18-14-8-3-9-15-18/h1-15H. The van der Waals surface area contributed by atoms with Gasteiger partial charge in [-0.25, -0.2) is 0 Å². The lowest BCUT2D eigenvalue weighted by Gasteiger charge is -2.17. The Balaban J connectivity index is 1.61. The fourth-order valence-electron chi connectivity index (χ4n) is 4.29. The van der Waals surface area contributed by atoms with E-state index in [0.717, 1.165) is 61.0 Å². The summed E-state index contributed by atoms with van der Waals surface area (Å²) in [6.45, 7) is 0. The van der Waals surface area contributed by atoms with Crippen LogP contribution in [-0.2, 0) is 0 Å². The zero-order valence-electron chi connectivity index (χ0n) is 20.2. The molecule has 6 nitrogen and oxygen atoms in total. The first-order valence-electron chi connectivity index (χ1n) is 11.8. The van der Waals surface area contributed by atoms with Crippen LogP contribution in [-0.4, -0.2) is 36.2 Å². The number of hydrogen-bond donors (Lipinski definition) is 0. The van der Waals surface area contributed by atoms with E-state index in [1.54, 1.807) is 0 Å². The van der Waals surface area contributed by atoms with Crippen molar-refractivity contribution in [3.05, 3.63) is 118 Å². The Morgan fingerprint density at radius 1 is 0.400 bits per heavy atom. The molecule has 3 aromatic heterocycles. The minimum absolute atomic E-state index is 0.658. The maximum Gasteiger partial charge on any atom is 0.571 e. The monoisotopic (exact) mass is 908 g/mol. The largest absolute Gasteiger partial charge is 0.571 e. The third kappa shape index (κ3) is 5.07. The van der Waals surface area contributed by atoms with E-state index < -0.39 is 7.12 Å². The summed E-state index contributed by atoms with van der Waals surface area (Å²) in [5, 5.41) is 15.2. The summed E-state index contributed by atoms with van der Waals surface area (Å²) in [6, 6.07) is 30.1. The van der Waals surface area contributed by atoms with Gasteiger partial charge in [0.05, 0.1) is 13.4 Å². The minimum atomic E-state index is -0.658. The number of hydrogen-bond acceptors (Lipinski definition) is 3. The van der Waals surface area contributed by atoms with Gasteiger partial charge in [-0.2, -0.15) is 15.3 Å². The summed E-state index contributed by atoms with van der Waals surface area (Å²) in [6.07, 6.45) is 0. The van der Waals surface area contributed by atoms with Gasteiger partial charge in [0.15, 0.2) is 0 Å². The van der Waals surface area contributed by atoms with Crippen molar-refractivity contribution < 1.29 is 0 Å².